The molecule has 1 aliphatic heterocycles. The number of hydrogen-bond donors (Lipinski definition) is 3. The van der Waals surface area contributed by atoms with E-state index in [4.69, 9.17) is 9.47 Å². The normalized spacial score (nSPS) is 32.9. The van der Waals surface area contributed by atoms with Gasteiger partial charge in [0.05, 0.1) is 23.5 Å². The maximum Gasteiger partial charge on any atom is 0.223 e. The molecule has 0 aromatic heterocycles. The third-order valence-electron chi connectivity index (χ3n) is 15.1. The summed E-state index contributed by atoms with van der Waals surface area (Å²) >= 11 is 2.96. The molecule has 14 heteroatoms. The second kappa shape index (κ2) is 18.8. The van der Waals surface area contributed by atoms with Gasteiger partial charge in [0.15, 0.2) is 34.9 Å². The first kappa shape index (κ1) is 48.2. The lowest BCUT2D eigenvalue weighted by Gasteiger charge is -2.62. The highest BCUT2D eigenvalue weighted by atomic mass is 32.2. The van der Waals surface area contributed by atoms with Gasteiger partial charge in [-0.25, -0.2) is 4.39 Å². The van der Waals surface area contributed by atoms with E-state index in [1.54, 1.807) is 26.8 Å². The largest absolute Gasteiger partial charge is 0.390 e. The maximum atomic E-state index is 17.7. The standard InChI is InChI=1S/C50H60FNO10S2/c1-28(21-34(54)10-8-12-40(56)30(3)63-6)45(60)52-29(2)41(57)23-31-9-7-11-37(22-31)64-36-16-13-32(14-17-36)46-61-44-25-39-38-18-15-33-24-35(55)19-20-47(33,4)49(38,51)42(58)26-48(39,5)50(44,62-46)43(59)27-53/h7,9,11,13-14,16-17,19-20,22,24,28-30,38-39,42,44,46,53,58H,8,10,12,15,18,21,23,25-27H2,1-6H3,(H,52,60)/t28-,29+,30?,38+,39+,42+,44-,46-,47+,48+,49+,50-/m1/s1. The van der Waals surface area contributed by atoms with Gasteiger partial charge in [-0.05, 0) is 107 Å². The van der Waals surface area contributed by atoms with E-state index in [1.807, 2.05) is 68.6 Å². The number of allylic oxidation sites excluding steroid dienone is 4. The number of hydrogen-bond acceptors (Lipinski definition) is 12. The maximum absolute atomic E-state index is 17.7. The van der Waals surface area contributed by atoms with Gasteiger partial charge in [0.25, 0.3) is 0 Å². The molecular weight excluding hydrogens is 858 g/mol. The first-order valence-corrected chi connectivity index (χ1v) is 24.5. The molecule has 2 aromatic rings. The number of carbonyl (C=O) groups excluding carboxylic acids is 6. The Morgan fingerprint density at radius 1 is 0.984 bits per heavy atom. The van der Waals surface area contributed by atoms with E-state index in [2.05, 4.69) is 5.32 Å². The number of fused-ring (bicyclic) bond motifs is 7. The molecule has 1 amide bonds. The summed E-state index contributed by atoms with van der Waals surface area (Å²) in [5.41, 5.74) is -3.85. The van der Waals surface area contributed by atoms with Crippen LogP contribution in [0.2, 0.25) is 0 Å². The van der Waals surface area contributed by atoms with E-state index in [9.17, 15) is 39.0 Å². The third-order valence-corrected chi connectivity index (χ3v) is 17.1. The van der Waals surface area contributed by atoms with Gasteiger partial charge in [-0.1, -0.05) is 61.5 Å². The monoisotopic (exact) mass is 917 g/mol. The summed E-state index contributed by atoms with van der Waals surface area (Å²) < 4.78 is 31.0. The van der Waals surface area contributed by atoms with Crippen molar-refractivity contribution in [3.63, 3.8) is 0 Å². The van der Waals surface area contributed by atoms with Gasteiger partial charge in [-0.3, -0.25) is 28.8 Å². The fourth-order valence-corrected chi connectivity index (χ4v) is 12.7. The number of ketones is 5. The minimum atomic E-state index is -2.08. The van der Waals surface area contributed by atoms with Gasteiger partial charge in [-0.2, -0.15) is 11.8 Å². The quantitative estimate of drug-likeness (QED) is 0.137. The summed E-state index contributed by atoms with van der Waals surface area (Å²) in [6, 6.07) is 14.3. The van der Waals surface area contributed by atoms with Crippen LogP contribution in [-0.4, -0.2) is 92.7 Å². The van der Waals surface area contributed by atoms with Gasteiger partial charge in [-0.15, -0.1) is 0 Å². The molecule has 11 nitrogen and oxygen atoms in total. The fraction of sp³-hybridized carbons (Fsp3) is 0.560. The minimum absolute atomic E-state index is 0.0427. The van der Waals surface area contributed by atoms with Crippen molar-refractivity contribution in [2.75, 3.05) is 12.9 Å². The van der Waals surface area contributed by atoms with E-state index >= 15 is 4.39 Å². The molecule has 1 saturated heterocycles. The van der Waals surface area contributed by atoms with E-state index in [-0.39, 0.29) is 60.0 Å². The minimum Gasteiger partial charge on any atom is -0.390 e. The smallest absolute Gasteiger partial charge is 0.223 e. The van der Waals surface area contributed by atoms with Gasteiger partial charge in [0.1, 0.15) is 18.2 Å². The van der Waals surface area contributed by atoms with Gasteiger partial charge in [0, 0.05) is 63.7 Å². The molecule has 2 aromatic carbocycles. The second-order valence-electron chi connectivity index (χ2n) is 18.9. The number of halogens is 1. The van der Waals surface area contributed by atoms with Crippen LogP contribution in [0.25, 0.3) is 0 Å². The highest BCUT2D eigenvalue weighted by Gasteiger charge is 2.79. The van der Waals surface area contributed by atoms with E-state index in [0.29, 0.717) is 43.2 Å². The van der Waals surface area contributed by atoms with Gasteiger partial charge < -0.3 is 25.0 Å². The number of carbonyl (C=O) groups is 6. The van der Waals surface area contributed by atoms with Crippen LogP contribution in [0.5, 0.6) is 0 Å². The molecule has 7 rings (SSSR count). The number of amides is 1. The molecule has 12 atom stereocenters. The predicted octanol–water partition coefficient (Wildman–Crippen LogP) is 7.24. The lowest BCUT2D eigenvalue weighted by Crippen LogP contribution is -2.69. The number of ether oxygens (including phenoxy) is 2. The van der Waals surface area contributed by atoms with Crippen molar-refractivity contribution in [2.45, 2.75) is 143 Å². The Balaban J connectivity index is 0.956. The Morgan fingerprint density at radius 3 is 2.42 bits per heavy atom. The average molecular weight is 918 g/mol. The van der Waals surface area contributed by atoms with Crippen LogP contribution >= 0.6 is 23.5 Å². The lowest BCUT2D eigenvalue weighted by atomic mass is 9.44. The molecule has 0 spiro atoms. The molecule has 1 heterocycles. The Labute approximate surface area is 383 Å². The van der Waals surface area contributed by atoms with E-state index in [0.717, 1.165) is 15.4 Å². The Morgan fingerprint density at radius 2 is 1.72 bits per heavy atom. The van der Waals surface area contributed by atoms with Gasteiger partial charge >= 0.3 is 0 Å². The number of alkyl halides is 1. The molecule has 4 fully saturated rings. The summed E-state index contributed by atoms with van der Waals surface area (Å²) in [5.74, 6) is -2.95. The van der Waals surface area contributed by atoms with Crippen molar-refractivity contribution < 1.29 is 52.8 Å². The van der Waals surface area contributed by atoms with Crippen LogP contribution in [0.1, 0.15) is 103 Å². The van der Waals surface area contributed by atoms with Crippen molar-refractivity contribution in [3.8, 4) is 0 Å². The highest BCUT2D eigenvalue weighted by molar-refractivity contribution is 8.00. The summed E-state index contributed by atoms with van der Waals surface area (Å²) in [4.78, 5) is 78.6. The van der Waals surface area contributed by atoms with Crippen LogP contribution in [0.15, 0.2) is 82.1 Å². The first-order chi connectivity index (χ1) is 30.3. The summed E-state index contributed by atoms with van der Waals surface area (Å²) in [7, 11) is 0. The molecular formula is C50H60FNO10S2. The van der Waals surface area contributed by atoms with Crippen LogP contribution in [-0.2, 0) is 44.7 Å². The van der Waals surface area contributed by atoms with E-state index < -0.39 is 76.8 Å². The number of aliphatic hydroxyl groups excluding tert-OH is 2. The number of rotatable bonds is 18. The predicted molar refractivity (Wildman–Crippen MR) is 241 cm³/mol. The van der Waals surface area contributed by atoms with Crippen LogP contribution in [0.3, 0.4) is 0 Å². The summed E-state index contributed by atoms with van der Waals surface area (Å²) in [6.45, 7) is 7.95. The molecule has 64 heavy (non-hydrogen) atoms. The molecule has 3 saturated carbocycles. The van der Waals surface area contributed by atoms with Crippen molar-refractivity contribution in [1.29, 1.82) is 0 Å². The lowest BCUT2D eigenvalue weighted by molar-refractivity contribution is -0.231. The summed E-state index contributed by atoms with van der Waals surface area (Å²) in [6.07, 6.45) is 5.37. The van der Waals surface area contributed by atoms with Crippen molar-refractivity contribution in [3.05, 3.63) is 83.5 Å². The Kier molecular flexibility index (Phi) is 14.2. The molecule has 3 N–H and O–H groups in total. The second-order valence-corrected chi connectivity index (χ2v) is 21.3. The molecule has 0 radical (unpaired) electrons. The van der Waals surface area contributed by atoms with Crippen molar-refractivity contribution in [1.82, 2.24) is 5.32 Å². The Bertz CT molecular complexity index is 2250. The number of Topliss-reactive ketones (excluding diaryl/α,β-unsaturated/α-hetero) is 4. The molecule has 4 aliphatic carbocycles. The number of aliphatic hydroxyl groups is 2. The first-order valence-electron chi connectivity index (χ1n) is 22.4. The zero-order valence-electron chi connectivity index (χ0n) is 37.4. The van der Waals surface area contributed by atoms with E-state index in [1.165, 1.54) is 35.7 Å². The number of benzene rings is 2. The number of nitrogens with one attached hydrogen (secondary N) is 1. The fourth-order valence-electron chi connectivity index (χ4n) is 11.4. The molecule has 1 unspecified atom stereocenters. The molecule has 5 aliphatic rings. The topological polar surface area (TPSA) is 173 Å². The Hall–Kier alpha value is -3.79. The zero-order chi connectivity index (χ0) is 46.4. The van der Waals surface area contributed by atoms with Crippen LogP contribution in [0, 0.1) is 28.6 Å². The van der Waals surface area contributed by atoms with Crippen LogP contribution < -0.4 is 5.32 Å². The highest BCUT2D eigenvalue weighted by Crippen LogP contribution is 2.72. The molecule has 0 bridgehead atoms. The third kappa shape index (κ3) is 8.56. The zero-order valence-corrected chi connectivity index (χ0v) is 39.0. The average Bonchev–Trinajstić information content (AvgIpc) is 3.76. The molecule has 344 valence electrons. The van der Waals surface area contributed by atoms with Crippen molar-refractivity contribution >= 4 is 58.3 Å². The summed E-state index contributed by atoms with van der Waals surface area (Å²) in [5, 5.41) is 24.8. The SMILES string of the molecule is CSC(C)C(=O)CCCC(=O)C[C@@H](C)C(=O)N[C@@H](C)C(=O)Cc1cccc(Sc2ccc([C@@H]3O[C@@H]4C[C@H]5[C@@H]6CCC7=CC(=O)C=C[C@]7(C)[C@@]6(F)[C@@H](O)C[C@]5(C)[C@]4(C(=O)CO)O3)cc2)c1. The van der Waals surface area contributed by atoms with Crippen molar-refractivity contribution in [2.24, 2.45) is 28.6 Å². The van der Waals surface area contributed by atoms with Gasteiger partial charge in [0.2, 0.25) is 5.91 Å². The van der Waals surface area contributed by atoms with Crippen LogP contribution in [0.4, 0.5) is 4.39 Å². The number of thioether (sulfide) groups is 1.